The Morgan fingerprint density at radius 3 is 2.56 bits per heavy atom. The third-order valence-corrected chi connectivity index (χ3v) is 5.53. The highest BCUT2D eigenvalue weighted by atomic mass is 16.7. The molecule has 27 heavy (non-hydrogen) atoms. The van der Waals surface area contributed by atoms with E-state index in [1.165, 1.54) is 0 Å². The van der Waals surface area contributed by atoms with Crippen LogP contribution in [0.2, 0.25) is 0 Å². The van der Waals surface area contributed by atoms with Crippen molar-refractivity contribution in [2.45, 2.75) is 71.2 Å². The van der Waals surface area contributed by atoms with Gasteiger partial charge in [0.1, 0.15) is 23.7 Å². The van der Waals surface area contributed by atoms with Crippen LogP contribution in [0.15, 0.2) is 0 Å². The van der Waals surface area contributed by atoms with Crippen molar-refractivity contribution in [2.24, 2.45) is 11.3 Å². The molecule has 0 aliphatic carbocycles. The normalized spacial score (nSPS) is 40.1. The van der Waals surface area contributed by atoms with E-state index in [1.54, 1.807) is 13.8 Å². The molecule has 1 N–H and O–H groups in total. The minimum Gasteiger partial charge on any atom is -0.461 e. The van der Waals surface area contributed by atoms with E-state index in [9.17, 15) is 14.4 Å². The molecular formula is C18H27NO8. The van der Waals surface area contributed by atoms with E-state index in [1.807, 2.05) is 20.8 Å². The molecule has 0 saturated carbocycles. The van der Waals surface area contributed by atoms with Crippen LogP contribution in [0.4, 0.5) is 4.79 Å². The number of esters is 2. The molecule has 0 bridgehead atoms. The van der Waals surface area contributed by atoms with Crippen LogP contribution in [0.3, 0.4) is 0 Å². The number of ether oxygens (including phenoxy) is 5. The number of carbonyl (C=O) groups excluding carboxylic acids is 3. The molecule has 0 aromatic rings. The number of nitrogens with one attached hydrogen (secondary N) is 1. The van der Waals surface area contributed by atoms with Crippen molar-refractivity contribution in [2.75, 3.05) is 13.2 Å². The third kappa shape index (κ3) is 3.50. The molecule has 3 aliphatic heterocycles. The Bertz CT molecular complexity index is 635. The predicted molar refractivity (Wildman–Crippen MR) is 90.5 cm³/mol. The third-order valence-electron chi connectivity index (χ3n) is 5.53. The van der Waals surface area contributed by atoms with Crippen LogP contribution < -0.4 is 5.32 Å². The lowest BCUT2D eigenvalue weighted by Gasteiger charge is -2.42. The minimum absolute atomic E-state index is 0.149. The molecule has 0 spiro atoms. The Balaban J connectivity index is 1.74. The molecule has 1 amide bonds. The number of hydrogen-bond donors (Lipinski definition) is 1. The molecule has 0 aromatic carbocycles. The fourth-order valence-electron chi connectivity index (χ4n) is 4.08. The van der Waals surface area contributed by atoms with Crippen molar-refractivity contribution < 1.29 is 38.1 Å². The second-order valence-corrected chi connectivity index (χ2v) is 7.93. The van der Waals surface area contributed by atoms with E-state index in [0.29, 0.717) is 13.0 Å². The topological polar surface area (TPSA) is 109 Å². The van der Waals surface area contributed by atoms with Crippen LogP contribution in [-0.4, -0.2) is 61.4 Å². The Kier molecular flexibility index (Phi) is 5.11. The lowest BCUT2D eigenvalue weighted by molar-refractivity contribution is -0.193. The first-order valence-corrected chi connectivity index (χ1v) is 9.25. The number of rotatable bonds is 4. The number of hydrogen-bond acceptors (Lipinski definition) is 8. The van der Waals surface area contributed by atoms with Gasteiger partial charge in [-0.15, -0.1) is 0 Å². The minimum atomic E-state index is -1.31. The van der Waals surface area contributed by atoms with Gasteiger partial charge in [-0.2, -0.15) is 0 Å². The summed E-state index contributed by atoms with van der Waals surface area (Å²) in [6.45, 7) is 9.29. The maximum absolute atomic E-state index is 12.8. The highest BCUT2D eigenvalue weighted by Gasteiger charge is 2.66. The fourth-order valence-corrected chi connectivity index (χ4v) is 4.08. The Labute approximate surface area is 158 Å². The molecule has 9 nitrogen and oxygen atoms in total. The van der Waals surface area contributed by atoms with Gasteiger partial charge in [-0.1, -0.05) is 6.92 Å². The number of alkyl carbamates (subject to hydrolysis) is 1. The lowest BCUT2D eigenvalue weighted by atomic mass is 9.71. The molecule has 152 valence electrons. The maximum Gasteiger partial charge on any atom is 0.407 e. The smallest absolute Gasteiger partial charge is 0.407 e. The SMILES string of the molecule is CCOC(=O)N[C@@H]1C(=O)O[C@H]2[C@H](C)[C@@H](C[C@H]3COC(C)(C)O3)OC(=O)[C@@]12C. The summed E-state index contributed by atoms with van der Waals surface area (Å²) < 4.78 is 27.3. The highest BCUT2D eigenvalue weighted by Crippen LogP contribution is 2.47. The summed E-state index contributed by atoms with van der Waals surface area (Å²) in [6.07, 6.45) is -1.74. The largest absolute Gasteiger partial charge is 0.461 e. The number of cyclic esters (lactones) is 1. The summed E-state index contributed by atoms with van der Waals surface area (Å²) in [5, 5.41) is 2.44. The van der Waals surface area contributed by atoms with E-state index in [4.69, 9.17) is 23.7 Å². The summed E-state index contributed by atoms with van der Waals surface area (Å²) in [7, 11) is 0. The average molecular weight is 385 g/mol. The van der Waals surface area contributed by atoms with E-state index >= 15 is 0 Å². The maximum atomic E-state index is 12.8. The van der Waals surface area contributed by atoms with Crippen LogP contribution in [0.5, 0.6) is 0 Å². The number of amides is 1. The molecule has 3 rings (SSSR count). The predicted octanol–water partition coefficient (Wildman–Crippen LogP) is 1.14. The van der Waals surface area contributed by atoms with Crippen LogP contribution >= 0.6 is 0 Å². The second-order valence-electron chi connectivity index (χ2n) is 7.93. The molecule has 3 aliphatic rings. The summed E-state index contributed by atoms with van der Waals surface area (Å²) in [5.41, 5.74) is -1.31. The fraction of sp³-hybridized carbons (Fsp3) is 0.833. The standard InChI is InChI=1S/C18H27NO8/c1-6-23-16(22)19-12-14(20)26-13-9(2)11(25-15(21)18(12,13)5)7-10-8-24-17(3,4)27-10/h9-13H,6-8H2,1-5H3,(H,19,22)/t9-,10+,11-,12-,13+,18+/m1/s1. The zero-order valence-corrected chi connectivity index (χ0v) is 16.3. The zero-order valence-electron chi connectivity index (χ0n) is 16.3. The van der Waals surface area contributed by atoms with Gasteiger partial charge in [0.25, 0.3) is 0 Å². The van der Waals surface area contributed by atoms with Gasteiger partial charge in [0.15, 0.2) is 5.79 Å². The van der Waals surface area contributed by atoms with Crippen molar-refractivity contribution in [3.63, 3.8) is 0 Å². The van der Waals surface area contributed by atoms with Gasteiger partial charge in [0.05, 0.1) is 19.3 Å². The number of carbonyl (C=O) groups is 3. The van der Waals surface area contributed by atoms with Crippen LogP contribution in [0.25, 0.3) is 0 Å². The van der Waals surface area contributed by atoms with E-state index in [0.717, 1.165) is 0 Å². The van der Waals surface area contributed by atoms with Crippen LogP contribution in [0.1, 0.15) is 41.0 Å². The van der Waals surface area contributed by atoms with Crippen molar-refractivity contribution in [3.05, 3.63) is 0 Å². The molecular weight excluding hydrogens is 358 g/mol. The first-order valence-electron chi connectivity index (χ1n) is 9.25. The Morgan fingerprint density at radius 1 is 1.26 bits per heavy atom. The van der Waals surface area contributed by atoms with Gasteiger partial charge < -0.3 is 29.0 Å². The van der Waals surface area contributed by atoms with E-state index in [-0.39, 0.29) is 18.6 Å². The van der Waals surface area contributed by atoms with E-state index < -0.39 is 47.5 Å². The molecule has 9 heteroatoms. The van der Waals surface area contributed by atoms with Crippen LogP contribution in [-0.2, 0) is 33.3 Å². The molecule has 3 fully saturated rings. The monoisotopic (exact) mass is 385 g/mol. The van der Waals surface area contributed by atoms with Crippen molar-refractivity contribution in [3.8, 4) is 0 Å². The molecule has 0 aromatic heterocycles. The first-order chi connectivity index (χ1) is 12.6. The summed E-state index contributed by atoms with van der Waals surface area (Å²) in [6, 6.07) is -1.15. The van der Waals surface area contributed by atoms with Crippen molar-refractivity contribution >= 4 is 18.0 Å². The number of fused-ring (bicyclic) bond motifs is 1. The molecule has 3 saturated heterocycles. The summed E-state index contributed by atoms with van der Waals surface area (Å²) in [5.74, 6) is -2.18. The van der Waals surface area contributed by atoms with E-state index in [2.05, 4.69) is 5.32 Å². The van der Waals surface area contributed by atoms with Gasteiger partial charge in [-0.3, -0.25) is 4.79 Å². The molecule has 0 unspecified atom stereocenters. The lowest BCUT2D eigenvalue weighted by Crippen LogP contribution is -2.60. The molecule has 3 heterocycles. The molecule has 0 radical (unpaired) electrons. The zero-order chi connectivity index (χ0) is 20.0. The van der Waals surface area contributed by atoms with Crippen LogP contribution in [0, 0.1) is 11.3 Å². The summed E-state index contributed by atoms with van der Waals surface area (Å²) in [4.78, 5) is 37.0. The van der Waals surface area contributed by atoms with Gasteiger partial charge in [0.2, 0.25) is 0 Å². The first kappa shape index (κ1) is 19.9. The van der Waals surface area contributed by atoms with Gasteiger partial charge in [-0.25, -0.2) is 9.59 Å². The van der Waals surface area contributed by atoms with Crippen molar-refractivity contribution in [1.82, 2.24) is 5.32 Å². The Hall–Kier alpha value is -1.87. The second kappa shape index (κ2) is 6.94. The summed E-state index contributed by atoms with van der Waals surface area (Å²) >= 11 is 0. The van der Waals surface area contributed by atoms with Crippen molar-refractivity contribution in [1.29, 1.82) is 0 Å². The average Bonchev–Trinajstić information content (AvgIpc) is 3.05. The van der Waals surface area contributed by atoms with Gasteiger partial charge in [0, 0.05) is 12.3 Å². The Morgan fingerprint density at radius 2 is 1.96 bits per heavy atom. The molecule has 6 atom stereocenters. The quantitative estimate of drug-likeness (QED) is 0.567. The van der Waals surface area contributed by atoms with Gasteiger partial charge >= 0.3 is 18.0 Å². The van der Waals surface area contributed by atoms with Gasteiger partial charge in [-0.05, 0) is 27.7 Å². The highest BCUT2D eigenvalue weighted by molar-refractivity contribution is 5.94.